The van der Waals surface area contributed by atoms with Crippen molar-refractivity contribution in [2.75, 3.05) is 7.11 Å². The SMILES string of the molecule is COC(=O)c1cccc(Cn2cnc3cc([N+](=O)[O-])ccc3c2=O)c1. The molecule has 0 amide bonds. The number of fused-ring (bicyclic) bond motifs is 1. The fraction of sp³-hybridized carbons (Fsp3) is 0.118. The molecule has 0 fully saturated rings. The van der Waals surface area contributed by atoms with Crippen molar-refractivity contribution < 1.29 is 14.5 Å². The second-order valence-corrected chi connectivity index (χ2v) is 5.33. The van der Waals surface area contributed by atoms with Gasteiger partial charge in [-0.3, -0.25) is 19.5 Å². The molecule has 0 radical (unpaired) electrons. The molecule has 1 aromatic heterocycles. The zero-order valence-electron chi connectivity index (χ0n) is 13.2. The zero-order chi connectivity index (χ0) is 18.0. The fourth-order valence-electron chi connectivity index (χ4n) is 2.48. The number of carbonyl (C=O) groups is 1. The lowest BCUT2D eigenvalue weighted by molar-refractivity contribution is -0.384. The number of ether oxygens (including phenoxy) is 1. The molecule has 0 spiro atoms. The highest BCUT2D eigenvalue weighted by Gasteiger charge is 2.11. The van der Waals surface area contributed by atoms with Crippen LogP contribution in [0.2, 0.25) is 0 Å². The Labute approximate surface area is 141 Å². The quantitative estimate of drug-likeness (QED) is 0.410. The van der Waals surface area contributed by atoms with Gasteiger partial charge in [0.25, 0.3) is 11.2 Å². The van der Waals surface area contributed by atoms with Gasteiger partial charge in [0.05, 0.1) is 41.4 Å². The summed E-state index contributed by atoms with van der Waals surface area (Å²) in [4.78, 5) is 38.5. The number of hydrogen-bond donors (Lipinski definition) is 0. The van der Waals surface area contributed by atoms with Gasteiger partial charge in [0.1, 0.15) is 0 Å². The maximum Gasteiger partial charge on any atom is 0.337 e. The van der Waals surface area contributed by atoms with Gasteiger partial charge in [0.15, 0.2) is 0 Å². The van der Waals surface area contributed by atoms with Gasteiger partial charge in [-0.1, -0.05) is 12.1 Å². The Morgan fingerprint density at radius 3 is 2.80 bits per heavy atom. The molecule has 0 unspecified atom stereocenters. The van der Waals surface area contributed by atoms with Crippen molar-refractivity contribution >= 4 is 22.6 Å². The predicted molar refractivity (Wildman–Crippen MR) is 89.5 cm³/mol. The van der Waals surface area contributed by atoms with Gasteiger partial charge < -0.3 is 4.74 Å². The van der Waals surface area contributed by atoms with Crippen LogP contribution in [0.5, 0.6) is 0 Å². The maximum atomic E-state index is 12.6. The van der Waals surface area contributed by atoms with Gasteiger partial charge in [-0.2, -0.15) is 0 Å². The molecule has 0 aliphatic heterocycles. The average Bonchev–Trinajstić information content (AvgIpc) is 2.63. The molecule has 0 aliphatic rings. The number of benzene rings is 2. The molecule has 0 saturated carbocycles. The number of hydrogen-bond acceptors (Lipinski definition) is 6. The van der Waals surface area contributed by atoms with E-state index in [1.165, 1.54) is 36.2 Å². The Kier molecular flexibility index (Phi) is 4.25. The molecule has 0 aliphatic carbocycles. The van der Waals surface area contributed by atoms with Crippen molar-refractivity contribution in [3.8, 4) is 0 Å². The summed E-state index contributed by atoms with van der Waals surface area (Å²) in [6.45, 7) is 0.212. The Balaban J connectivity index is 1.98. The summed E-state index contributed by atoms with van der Waals surface area (Å²) < 4.78 is 6.06. The van der Waals surface area contributed by atoms with Crippen LogP contribution in [0.1, 0.15) is 15.9 Å². The first-order valence-electron chi connectivity index (χ1n) is 7.30. The van der Waals surface area contributed by atoms with E-state index in [0.717, 1.165) is 5.56 Å². The number of rotatable bonds is 4. The van der Waals surface area contributed by atoms with E-state index in [2.05, 4.69) is 9.72 Å². The molecule has 0 bridgehead atoms. The lowest BCUT2D eigenvalue weighted by atomic mass is 10.1. The molecule has 3 rings (SSSR count). The van der Waals surface area contributed by atoms with Crippen LogP contribution >= 0.6 is 0 Å². The Morgan fingerprint density at radius 2 is 2.08 bits per heavy atom. The van der Waals surface area contributed by atoms with E-state index in [9.17, 15) is 19.7 Å². The van der Waals surface area contributed by atoms with E-state index < -0.39 is 10.9 Å². The molecular formula is C17H13N3O5. The minimum Gasteiger partial charge on any atom is -0.465 e. The Bertz CT molecular complexity index is 1040. The number of carbonyl (C=O) groups excluding carboxylic acids is 1. The lowest BCUT2D eigenvalue weighted by Crippen LogP contribution is -2.21. The summed E-state index contributed by atoms with van der Waals surface area (Å²) in [6, 6.07) is 10.7. The number of nitro benzene ring substituents is 1. The third-order valence-corrected chi connectivity index (χ3v) is 3.72. The Morgan fingerprint density at radius 1 is 1.28 bits per heavy atom. The van der Waals surface area contributed by atoms with Crippen molar-refractivity contribution in [2.45, 2.75) is 6.54 Å². The van der Waals surface area contributed by atoms with Crippen LogP contribution < -0.4 is 5.56 Å². The van der Waals surface area contributed by atoms with Crippen LogP contribution in [-0.2, 0) is 11.3 Å². The molecular weight excluding hydrogens is 326 g/mol. The highest BCUT2D eigenvalue weighted by molar-refractivity contribution is 5.89. The first-order chi connectivity index (χ1) is 12.0. The van der Waals surface area contributed by atoms with E-state index in [-0.39, 0.29) is 28.7 Å². The average molecular weight is 339 g/mol. The second-order valence-electron chi connectivity index (χ2n) is 5.33. The van der Waals surface area contributed by atoms with E-state index in [1.807, 2.05) is 0 Å². The summed E-state index contributed by atoms with van der Waals surface area (Å²) >= 11 is 0. The topological polar surface area (TPSA) is 104 Å². The number of nitro groups is 1. The van der Waals surface area contributed by atoms with Gasteiger partial charge in [-0.05, 0) is 23.8 Å². The molecule has 0 saturated heterocycles. The normalized spacial score (nSPS) is 10.6. The summed E-state index contributed by atoms with van der Waals surface area (Å²) in [5, 5.41) is 11.1. The van der Waals surface area contributed by atoms with Crippen molar-refractivity contribution in [3.05, 3.63) is 80.4 Å². The molecule has 1 heterocycles. The Hall–Kier alpha value is -3.55. The van der Waals surface area contributed by atoms with Gasteiger partial charge in [0.2, 0.25) is 0 Å². The molecule has 8 heteroatoms. The zero-order valence-corrected chi connectivity index (χ0v) is 13.2. The first kappa shape index (κ1) is 16.3. The molecule has 0 N–H and O–H groups in total. The summed E-state index contributed by atoms with van der Waals surface area (Å²) in [6.07, 6.45) is 1.33. The van der Waals surface area contributed by atoms with Gasteiger partial charge in [0, 0.05) is 12.1 Å². The van der Waals surface area contributed by atoms with Crippen LogP contribution in [0, 0.1) is 10.1 Å². The number of aromatic nitrogens is 2. The number of nitrogens with zero attached hydrogens (tertiary/aromatic N) is 3. The number of methoxy groups -OCH3 is 1. The molecule has 126 valence electrons. The molecule has 2 aromatic carbocycles. The summed E-state index contributed by atoms with van der Waals surface area (Å²) in [7, 11) is 1.30. The van der Waals surface area contributed by atoms with Gasteiger partial charge >= 0.3 is 5.97 Å². The van der Waals surface area contributed by atoms with Crippen LogP contribution in [0.15, 0.2) is 53.6 Å². The predicted octanol–water partition coefficient (Wildman–Crippen LogP) is 2.14. The standard InChI is InChI=1S/C17H13N3O5/c1-25-17(22)12-4-2-3-11(7-12)9-19-10-18-15-8-13(20(23)24)5-6-14(15)16(19)21/h2-8,10H,9H2,1H3. The maximum absolute atomic E-state index is 12.6. The van der Waals surface area contributed by atoms with E-state index in [4.69, 9.17) is 0 Å². The summed E-state index contributed by atoms with van der Waals surface area (Å²) in [5.74, 6) is -0.460. The highest BCUT2D eigenvalue weighted by atomic mass is 16.6. The molecule has 0 atom stereocenters. The first-order valence-corrected chi connectivity index (χ1v) is 7.30. The highest BCUT2D eigenvalue weighted by Crippen LogP contribution is 2.16. The van der Waals surface area contributed by atoms with Gasteiger partial charge in [-0.15, -0.1) is 0 Å². The second kappa shape index (κ2) is 6.52. The monoisotopic (exact) mass is 339 g/mol. The van der Waals surface area contributed by atoms with Gasteiger partial charge in [-0.25, -0.2) is 9.78 Å². The van der Waals surface area contributed by atoms with Crippen LogP contribution in [0.25, 0.3) is 10.9 Å². The lowest BCUT2D eigenvalue weighted by Gasteiger charge is -2.08. The minimum absolute atomic E-state index is 0.122. The number of non-ortho nitro benzene ring substituents is 1. The smallest absolute Gasteiger partial charge is 0.337 e. The molecule has 8 nitrogen and oxygen atoms in total. The van der Waals surface area contributed by atoms with E-state index in [0.29, 0.717) is 5.56 Å². The van der Waals surface area contributed by atoms with Crippen molar-refractivity contribution in [2.24, 2.45) is 0 Å². The molecule has 25 heavy (non-hydrogen) atoms. The van der Waals surface area contributed by atoms with E-state index >= 15 is 0 Å². The molecule has 3 aromatic rings. The third kappa shape index (κ3) is 3.23. The minimum atomic E-state index is -0.537. The summed E-state index contributed by atoms with van der Waals surface area (Å²) in [5.41, 5.74) is 0.940. The fourth-order valence-corrected chi connectivity index (χ4v) is 2.48. The third-order valence-electron chi connectivity index (χ3n) is 3.72. The van der Waals surface area contributed by atoms with Crippen LogP contribution in [-0.4, -0.2) is 27.6 Å². The van der Waals surface area contributed by atoms with E-state index in [1.54, 1.807) is 24.3 Å². The van der Waals surface area contributed by atoms with Crippen molar-refractivity contribution in [3.63, 3.8) is 0 Å². The largest absolute Gasteiger partial charge is 0.465 e. The van der Waals surface area contributed by atoms with Crippen LogP contribution in [0.3, 0.4) is 0 Å². The van der Waals surface area contributed by atoms with Crippen molar-refractivity contribution in [1.29, 1.82) is 0 Å². The number of esters is 1. The van der Waals surface area contributed by atoms with Crippen LogP contribution in [0.4, 0.5) is 5.69 Å². The van der Waals surface area contributed by atoms with Crippen molar-refractivity contribution in [1.82, 2.24) is 9.55 Å².